The van der Waals surface area contributed by atoms with Crippen LogP contribution in [0.3, 0.4) is 0 Å². The van der Waals surface area contributed by atoms with Crippen molar-refractivity contribution in [3.8, 4) is 0 Å². The predicted molar refractivity (Wildman–Crippen MR) is 111 cm³/mol. The monoisotopic (exact) mass is 404 g/mol. The van der Waals surface area contributed by atoms with Crippen LogP contribution in [0.2, 0.25) is 0 Å². The summed E-state index contributed by atoms with van der Waals surface area (Å²) in [7, 11) is -3.71. The summed E-state index contributed by atoms with van der Waals surface area (Å²) in [6.45, 7) is 7.81. The maximum Gasteiger partial charge on any atom is 0.308 e. The van der Waals surface area contributed by atoms with Gasteiger partial charge >= 0.3 is 4.87 Å². The predicted octanol–water partition coefficient (Wildman–Crippen LogP) is 4.38. The second-order valence-corrected chi connectivity index (χ2v) is 9.61. The lowest BCUT2D eigenvalue weighted by molar-refractivity contribution is 0.549. The highest BCUT2D eigenvalue weighted by Crippen LogP contribution is 2.26. The van der Waals surface area contributed by atoms with Crippen molar-refractivity contribution in [3.05, 3.63) is 63.3 Å². The number of sulfonamides is 1. The molecular weight excluding hydrogens is 380 g/mol. The lowest BCUT2D eigenvalue weighted by Crippen LogP contribution is -2.28. The van der Waals surface area contributed by atoms with Crippen LogP contribution in [0, 0.1) is 6.92 Å². The van der Waals surface area contributed by atoms with Crippen molar-refractivity contribution in [2.45, 2.75) is 51.1 Å². The lowest BCUT2D eigenvalue weighted by atomic mass is 10.0. The lowest BCUT2D eigenvalue weighted by Gasteiger charge is -2.19. The van der Waals surface area contributed by atoms with Crippen LogP contribution in [0.4, 0.5) is 0 Å². The fourth-order valence-electron chi connectivity index (χ4n) is 3.27. The largest absolute Gasteiger partial charge is 0.308 e. The summed E-state index contributed by atoms with van der Waals surface area (Å²) in [5, 5.41) is 0. The Morgan fingerprint density at radius 1 is 1.15 bits per heavy atom. The van der Waals surface area contributed by atoms with Gasteiger partial charge in [0, 0.05) is 12.1 Å². The highest BCUT2D eigenvalue weighted by molar-refractivity contribution is 7.89. The molecule has 0 saturated carbocycles. The molecule has 0 radical (unpaired) electrons. The highest BCUT2D eigenvalue weighted by atomic mass is 32.2. The first-order chi connectivity index (χ1) is 12.7. The SMILES string of the molecule is CCC(NS(=O)(=O)c1ccc2c(c1)sc(=O)n2C(C)C)c1ccccc1C. The van der Waals surface area contributed by atoms with E-state index in [2.05, 4.69) is 4.72 Å². The van der Waals surface area contributed by atoms with Gasteiger partial charge in [0.25, 0.3) is 0 Å². The number of rotatable bonds is 6. The summed E-state index contributed by atoms with van der Waals surface area (Å²) >= 11 is 1.08. The number of aryl methyl sites for hydroxylation is 1. The topological polar surface area (TPSA) is 68.2 Å². The molecule has 2 aromatic carbocycles. The Balaban J connectivity index is 1.99. The van der Waals surface area contributed by atoms with Crippen LogP contribution in [0.15, 0.2) is 52.2 Å². The summed E-state index contributed by atoms with van der Waals surface area (Å²) in [4.78, 5) is 12.3. The Morgan fingerprint density at radius 3 is 2.48 bits per heavy atom. The summed E-state index contributed by atoms with van der Waals surface area (Å²) < 4.78 is 31.1. The van der Waals surface area contributed by atoms with E-state index in [4.69, 9.17) is 0 Å². The number of hydrogen-bond donors (Lipinski definition) is 1. The fourth-order valence-corrected chi connectivity index (χ4v) is 5.72. The van der Waals surface area contributed by atoms with Gasteiger partial charge in [-0.3, -0.25) is 9.36 Å². The summed E-state index contributed by atoms with van der Waals surface area (Å²) in [5.74, 6) is 0. The van der Waals surface area contributed by atoms with E-state index < -0.39 is 10.0 Å². The van der Waals surface area contributed by atoms with Gasteiger partial charge in [-0.05, 0) is 56.5 Å². The second kappa shape index (κ2) is 7.58. The van der Waals surface area contributed by atoms with Gasteiger partial charge in [0.1, 0.15) is 0 Å². The van der Waals surface area contributed by atoms with Gasteiger partial charge in [-0.1, -0.05) is 42.5 Å². The zero-order valence-electron chi connectivity index (χ0n) is 15.9. The average Bonchev–Trinajstić information content (AvgIpc) is 2.95. The van der Waals surface area contributed by atoms with E-state index in [-0.39, 0.29) is 21.9 Å². The molecule has 1 aromatic heterocycles. The van der Waals surface area contributed by atoms with Crippen LogP contribution in [-0.2, 0) is 10.0 Å². The number of thiazole rings is 1. The molecule has 0 saturated heterocycles. The summed E-state index contributed by atoms with van der Waals surface area (Å²) in [5.41, 5.74) is 2.79. The minimum Gasteiger partial charge on any atom is -0.296 e. The Kier molecular flexibility index (Phi) is 5.55. The molecule has 7 heteroatoms. The van der Waals surface area contributed by atoms with Gasteiger partial charge in [0.2, 0.25) is 10.0 Å². The quantitative estimate of drug-likeness (QED) is 0.663. The molecule has 5 nitrogen and oxygen atoms in total. The standard InChI is InChI=1S/C20H24N2O3S2/c1-5-17(16-9-7-6-8-14(16)4)21-27(24,25)15-10-11-18-19(12-15)26-20(23)22(18)13(2)3/h6-13,17,21H,5H2,1-4H3. The molecule has 0 aliphatic rings. The summed E-state index contributed by atoms with van der Waals surface area (Å²) in [6, 6.07) is 12.4. The Labute approximate surface area is 163 Å². The molecule has 27 heavy (non-hydrogen) atoms. The van der Waals surface area contributed by atoms with Crippen molar-refractivity contribution in [2.75, 3.05) is 0 Å². The van der Waals surface area contributed by atoms with E-state index >= 15 is 0 Å². The van der Waals surface area contributed by atoms with Gasteiger partial charge < -0.3 is 0 Å². The normalized spacial score (nSPS) is 13.4. The molecule has 1 atom stereocenters. The molecule has 3 aromatic rings. The average molecular weight is 405 g/mol. The van der Waals surface area contributed by atoms with Crippen molar-refractivity contribution in [1.82, 2.24) is 9.29 Å². The summed E-state index contributed by atoms with van der Waals surface area (Å²) in [6.07, 6.45) is 0.642. The van der Waals surface area contributed by atoms with E-state index in [1.807, 2.05) is 52.0 Å². The first kappa shape index (κ1) is 19.8. The maximum atomic E-state index is 13.0. The molecular formula is C20H24N2O3S2. The van der Waals surface area contributed by atoms with Gasteiger partial charge in [-0.15, -0.1) is 0 Å². The Hall–Kier alpha value is -1.96. The molecule has 0 aliphatic heterocycles. The third-order valence-electron chi connectivity index (χ3n) is 4.68. The third-order valence-corrected chi connectivity index (χ3v) is 7.07. The van der Waals surface area contributed by atoms with Crippen molar-refractivity contribution < 1.29 is 8.42 Å². The van der Waals surface area contributed by atoms with Gasteiger partial charge in [0.05, 0.1) is 15.1 Å². The van der Waals surface area contributed by atoms with Crippen molar-refractivity contribution in [3.63, 3.8) is 0 Å². The van der Waals surface area contributed by atoms with Crippen molar-refractivity contribution >= 4 is 31.6 Å². The molecule has 1 N–H and O–H groups in total. The minimum atomic E-state index is -3.71. The van der Waals surface area contributed by atoms with Crippen molar-refractivity contribution in [1.29, 1.82) is 0 Å². The molecule has 3 rings (SSSR count). The fraction of sp³-hybridized carbons (Fsp3) is 0.350. The van der Waals surface area contributed by atoms with Gasteiger partial charge in [-0.25, -0.2) is 13.1 Å². The van der Waals surface area contributed by atoms with Crippen LogP contribution in [0.1, 0.15) is 50.4 Å². The van der Waals surface area contributed by atoms with E-state index in [1.165, 1.54) is 0 Å². The zero-order chi connectivity index (χ0) is 19.8. The van der Waals surface area contributed by atoms with E-state index in [9.17, 15) is 13.2 Å². The molecule has 0 aliphatic carbocycles. The van der Waals surface area contributed by atoms with Crippen LogP contribution in [0.5, 0.6) is 0 Å². The minimum absolute atomic E-state index is 0.0253. The number of benzene rings is 2. The van der Waals surface area contributed by atoms with Crippen LogP contribution in [0.25, 0.3) is 10.2 Å². The number of nitrogens with zero attached hydrogens (tertiary/aromatic N) is 1. The van der Waals surface area contributed by atoms with Crippen molar-refractivity contribution in [2.24, 2.45) is 0 Å². The first-order valence-corrected chi connectivity index (χ1v) is 11.3. The van der Waals surface area contributed by atoms with E-state index in [0.29, 0.717) is 11.1 Å². The molecule has 0 bridgehead atoms. The number of hydrogen-bond acceptors (Lipinski definition) is 4. The third kappa shape index (κ3) is 3.85. The number of fused-ring (bicyclic) bond motifs is 1. The molecule has 1 unspecified atom stereocenters. The maximum absolute atomic E-state index is 13.0. The van der Waals surface area contributed by atoms with Crippen LogP contribution < -0.4 is 9.60 Å². The zero-order valence-corrected chi connectivity index (χ0v) is 17.5. The van der Waals surface area contributed by atoms with Crippen LogP contribution >= 0.6 is 11.3 Å². The second-order valence-electron chi connectivity index (χ2n) is 6.90. The number of aromatic nitrogens is 1. The first-order valence-electron chi connectivity index (χ1n) is 8.97. The molecule has 0 amide bonds. The molecule has 144 valence electrons. The Bertz CT molecular complexity index is 1130. The smallest absolute Gasteiger partial charge is 0.296 e. The van der Waals surface area contributed by atoms with Gasteiger partial charge in [0.15, 0.2) is 0 Å². The van der Waals surface area contributed by atoms with Gasteiger partial charge in [-0.2, -0.15) is 0 Å². The van der Waals surface area contributed by atoms with E-state index in [1.54, 1.807) is 22.8 Å². The van der Waals surface area contributed by atoms with E-state index in [0.717, 1.165) is 28.0 Å². The molecule has 1 heterocycles. The number of nitrogens with one attached hydrogen (secondary N) is 1. The van der Waals surface area contributed by atoms with Crippen LogP contribution in [-0.4, -0.2) is 13.0 Å². The molecule has 0 spiro atoms. The Morgan fingerprint density at radius 2 is 1.85 bits per heavy atom. The highest BCUT2D eigenvalue weighted by Gasteiger charge is 2.22. The molecule has 0 fully saturated rings.